The Morgan fingerprint density at radius 2 is 1.48 bits per heavy atom. The fraction of sp³-hybridized carbons (Fsp3) is 0.684. The van der Waals surface area contributed by atoms with Gasteiger partial charge < -0.3 is 11.1 Å². The molecule has 2 nitrogen and oxygen atoms in total. The second kappa shape index (κ2) is 5.40. The van der Waals surface area contributed by atoms with Gasteiger partial charge in [-0.15, -0.1) is 0 Å². The zero-order valence-electron chi connectivity index (χ0n) is 13.0. The molecule has 2 heteroatoms. The lowest BCUT2D eigenvalue weighted by Crippen LogP contribution is -2.53. The van der Waals surface area contributed by atoms with Crippen molar-refractivity contribution < 1.29 is 0 Å². The van der Waals surface area contributed by atoms with E-state index >= 15 is 0 Å². The molecule has 0 aliphatic heterocycles. The highest BCUT2D eigenvalue weighted by Crippen LogP contribution is 2.53. The van der Waals surface area contributed by atoms with Crippen LogP contribution in [0.2, 0.25) is 0 Å². The molecular formula is C19H28N2. The van der Waals surface area contributed by atoms with Crippen LogP contribution in [0.3, 0.4) is 0 Å². The molecule has 114 valence electrons. The van der Waals surface area contributed by atoms with Crippen LogP contribution in [0.15, 0.2) is 24.3 Å². The standard InChI is InChI=1S/C19H28N2/c20-12-14-1-3-15(4-2-14)13-21-19-9-16-5-6-17(10-19)8-18(7-16)11-19/h1-4,16-18,21H,5-13,20H2. The quantitative estimate of drug-likeness (QED) is 0.886. The normalized spacial score (nSPS) is 37.7. The van der Waals surface area contributed by atoms with Crippen molar-refractivity contribution in [1.82, 2.24) is 5.32 Å². The lowest BCUT2D eigenvalue weighted by molar-refractivity contribution is 0.0719. The Hall–Kier alpha value is -0.860. The van der Waals surface area contributed by atoms with Gasteiger partial charge in [-0.2, -0.15) is 0 Å². The summed E-state index contributed by atoms with van der Waals surface area (Å²) in [6.45, 7) is 1.67. The number of rotatable bonds is 4. The fourth-order valence-corrected chi connectivity index (χ4v) is 5.49. The molecule has 4 aliphatic carbocycles. The van der Waals surface area contributed by atoms with E-state index in [1.165, 1.54) is 56.1 Å². The maximum absolute atomic E-state index is 5.68. The Balaban J connectivity index is 1.46. The Morgan fingerprint density at radius 1 is 0.905 bits per heavy atom. The first kappa shape index (κ1) is 13.8. The molecule has 4 bridgehead atoms. The number of nitrogens with one attached hydrogen (secondary N) is 1. The van der Waals surface area contributed by atoms with Crippen LogP contribution in [-0.2, 0) is 13.1 Å². The van der Waals surface area contributed by atoms with Crippen molar-refractivity contribution in [2.45, 2.75) is 63.6 Å². The van der Waals surface area contributed by atoms with Crippen molar-refractivity contribution in [3.63, 3.8) is 0 Å². The highest BCUT2D eigenvalue weighted by atomic mass is 15.0. The van der Waals surface area contributed by atoms with Gasteiger partial charge >= 0.3 is 0 Å². The average Bonchev–Trinajstić information content (AvgIpc) is 2.72. The van der Waals surface area contributed by atoms with Gasteiger partial charge in [-0.1, -0.05) is 37.1 Å². The number of hydrogen-bond donors (Lipinski definition) is 2. The minimum Gasteiger partial charge on any atom is -0.326 e. The highest BCUT2D eigenvalue weighted by Gasteiger charge is 2.47. The summed E-state index contributed by atoms with van der Waals surface area (Å²) in [4.78, 5) is 0. The molecule has 0 saturated heterocycles. The molecule has 0 radical (unpaired) electrons. The first-order valence-electron chi connectivity index (χ1n) is 8.78. The second-order valence-electron chi connectivity index (χ2n) is 7.91. The van der Waals surface area contributed by atoms with E-state index in [2.05, 4.69) is 29.6 Å². The number of fused-ring (bicyclic) bond motifs is 1. The van der Waals surface area contributed by atoms with Crippen molar-refractivity contribution in [3.8, 4) is 0 Å². The van der Waals surface area contributed by atoms with Gasteiger partial charge in [-0.05, 0) is 61.0 Å². The molecule has 2 atom stereocenters. The van der Waals surface area contributed by atoms with Crippen LogP contribution in [0.25, 0.3) is 0 Å². The topological polar surface area (TPSA) is 38.0 Å². The van der Waals surface area contributed by atoms with Gasteiger partial charge in [0.2, 0.25) is 0 Å². The summed E-state index contributed by atoms with van der Waals surface area (Å²) in [6.07, 6.45) is 10.3. The van der Waals surface area contributed by atoms with E-state index in [0.717, 1.165) is 24.3 Å². The van der Waals surface area contributed by atoms with E-state index in [4.69, 9.17) is 5.73 Å². The third-order valence-corrected chi connectivity index (χ3v) is 6.28. The van der Waals surface area contributed by atoms with E-state index in [1.54, 1.807) is 0 Å². The van der Waals surface area contributed by atoms with Gasteiger partial charge in [-0.3, -0.25) is 0 Å². The summed E-state index contributed by atoms with van der Waals surface area (Å²) in [5.41, 5.74) is 8.77. The molecular weight excluding hydrogens is 256 g/mol. The van der Waals surface area contributed by atoms with Crippen LogP contribution in [0.4, 0.5) is 0 Å². The monoisotopic (exact) mass is 284 g/mol. The van der Waals surface area contributed by atoms with Gasteiger partial charge in [0.05, 0.1) is 0 Å². The molecule has 1 aromatic rings. The van der Waals surface area contributed by atoms with E-state index in [1.807, 2.05) is 0 Å². The average molecular weight is 284 g/mol. The van der Waals surface area contributed by atoms with E-state index < -0.39 is 0 Å². The minimum atomic E-state index is 0.458. The third-order valence-electron chi connectivity index (χ3n) is 6.28. The summed E-state index contributed by atoms with van der Waals surface area (Å²) in [5, 5.41) is 3.99. The molecule has 3 N–H and O–H groups in total. The van der Waals surface area contributed by atoms with Crippen molar-refractivity contribution in [1.29, 1.82) is 0 Å². The van der Waals surface area contributed by atoms with Crippen molar-refractivity contribution in [3.05, 3.63) is 35.4 Å². The van der Waals surface area contributed by atoms with Crippen LogP contribution >= 0.6 is 0 Å². The predicted octanol–water partition coefficient (Wildman–Crippen LogP) is 3.59. The van der Waals surface area contributed by atoms with Crippen LogP contribution < -0.4 is 11.1 Å². The maximum atomic E-state index is 5.68. The van der Waals surface area contributed by atoms with Gasteiger partial charge in [0.25, 0.3) is 0 Å². The van der Waals surface area contributed by atoms with Crippen molar-refractivity contribution in [2.24, 2.45) is 23.5 Å². The predicted molar refractivity (Wildman–Crippen MR) is 86.7 cm³/mol. The summed E-state index contributed by atoms with van der Waals surface area (Å²) < 4.78 is 0. The summed E-state index contributed by atoms with van der Waals surface area (Å²) in [7, 11) is 0. The van der Waals surface area contributed by atoms with Crippen LogP contribution in [0.1, 0.15) is 56.1 Å². The first-order valence-corrected chi connectivity index (χ1v) is 8.78. The summed E-state index contributed by atoms with van der Waals surface area (Å²) in [5.74, 6) is 3.02. The zero-order chi connectivity index (χ0) is 14.3. The molecule has 2 unspecified atom stereocenters. The zero-order valence-corrected chi connectivity index (χ0v) is 13.0. The van der Waals surface area contributed by atoms with Crippen LogP contribution in [-0.4, -0.2) is 5.54 Å². The number of nitrogens with two attached hydrogens (primary N) is 1. The Bertz CT molecular complexity index is 477. The van der Waals surface area contributed by atoms with E-state index in [-0.39, 0.29) is 0 Å². The third kappa shape index (κ3) is 2.76. The highest BCUT2D eigenvalue weighted by molar-refractivity contribution is 5.22. The van der Waals surface area contributed by atoms with E-state index in [0.29, 0.717) is 12.1 Å². The summed E-state index contributed by atoms with van der Waals surface area (Å²) in [6, 6.07) is 8.82. The lowest BCUT2D eigenvalue weighted by atomic mass is 9.63. The van der Waals surface area contributed by atoms with Gasteiger partial charge in [-0.25, -0.2) is 0 Å². The van der Waals surface area contributed by atoms with Crippen LogP contribution in [0, 0.1) is 17.8 Å². The molecule has 1 aromatic carbocycles. The molecule has 4 fully saturated rings. The Labute approximate surface area is 128 Å². The molecule has 0 heterocycles. The lowest BCUT2D eigenvalue weighted by Gasteiger charge is -2.49. The number of benzene rings is 1. The molecule has 0 spiro atoms. The molecule has 21 heavy (non-hydrogen) atoms. The second-order valence-corrected chi connectivity index (χ2v) is 7.91. The van der Waals surface area contributed by atoms with Crippen molar-refractivity contribution >= 4 is 0 Å². The SMILES string of the molecule is NCc1ccc(CNC23CC4CCC(CC(C4)C2)C3)cc1. The molecule has 0 aromatic heterocycles. The van der Waals surface area contributed by atoms with E-state index in [9.17, 15) is 0 Å². The minimum absolute atomic E-state index is 0.458. The smallest absolute Gasteiger partial charge is 0.0210 e. The maximum Gasteiger partial charge on any atom is 0.0210 e. The largest absolute Gasteiger partial charge is 0.326 e. The number of hydrogen-bond acceptors (Lipinski definition) is 2. The van der Waals surface area contributed by atoms with Gasteiger partial charge in [0.1, 0.15) is 0 Å². The van der Waals surface area contributed by atoms with Crippen LogP contribution in [0.5, 0.6) is 0 Å². The molecule has 4 aliphatic rings. The molecule has 0 amide bonds. The Kier molecular flexibility index (Phi) is 3.55. The van der Waals surface area contributed by atoms with Gasteiger partial charge in [0, 0.05) is 18.6 Å². The molecule has 4 saturated carbocycles. The fourth-order valence-electron chi connectivity index (χ4n) is 5.49. The summed E-state index contributed by atoms with van der Waals surface area (Å²) >= 11 is 0. The first-order chi connectivity index (χ1) is 10.2. The Morgan fingerprint density at radius 3 is 2.10 bits per heavy atom. The van der Waals surface area contributed by atoms with Crippen molar-refractivity contribution in [2.75, 3.05) is 0 Å². The van der Waals surface area contributed by atoms with Gasteiger partial charge in [0.15, 0.2) is 0 Å². The molecule has 5 rings (SSSR count).